The van der Waals surface area contributed by atoms with Crippen LogP contribution in [0.5, 0.6) is 5.75 Å². The van der Waals surface area contributed by atoms with Gasteiger partial charge in [0.1, 0.15) is 17.3 Å². The van der Waals surface area contributed by atoms with Crippen molar-refractivity contribution in [1.29, 1.82) is 0 Å². The molecule has 1 aromatic carbocycles. The Morgan fingerprint density at radius 3 is 3.05 bits per heavy atom. The Morgan fingerprint density at radius 1 is 1.42 bits per heavy atom. The van der Waals surface area contributed by atoms with Crippen molar-refractivity contribution in [3.63, 3.8) is 0 Å². The van der Waals surface area contributed by atoms with Crippen LogP contribution in [0.25, 0.3) is 0 Å². The number of benzene rings is 1. The third-order valence-electron chi connectivity index (χ3n) is 2.94. The molecule has 19 heavy (non-hydrogen) atoms. The molecule has 0 amide bonds. The highest BCUT2D eigenvalue weighted by molar-refractivity contribution is 7.80. The van der Waals surface area contributed by atoms with Crippen molar-refractivity contribution in [3.8, 4) is 5.75 Å². The molecule has 1 saturated heterocycles. The lowest BCUT2D eigenvalue weighted by molar-refractivity contribution is 0.00853. The molecule has 1 aliphatic rings. The number of nitrogens with two attached hydrogens (primary N) is 1. The maximum Gasteiger partial charge on any atom is 0.120 e. The van der Waals surface area contributed by atoms with E-state index < -0.39 is 0 Å². The maximum absolute atomic E-state index is 5.58. The first-order valence-corrected chi connectivity index (χ1v) is 6.88. The summed E-state index contributed by atoms with van der Waals surface area (Å²) in [6, 6.07) is 7.45. The highest BCUT2D eigenvalue weighted by Gasteiger charge is 2.14. The van der Waals surface area contributed by atoms with Gasteiger partial charge in [-0.3, -0.25) is 0 Å². The van der Waals surface area contributed by atoms with Crippen molar-refractivity contribution < 1.29 is 14.2 Å². The van der Waals surface area contributed by atoms with Crippen LogP contribution in [0.3, 0.4) is 0 Å². The lowest BCUT2D eigenvalue weighted by atomic mass is 10.2. The van der Waals surface area contributed by atoms with Crippen LogP contribution in [-0.4, -0.2) is 37.5 Å². The number of thiocarbonyl (C=S) groups is 1. The van der Waals surface area contributed by atoms with Crippen LogP contribution < -0.4 is 10.5 Å². The molecule has 0 aliphatic carbocycles. The summed E-state index contributed by atoms with van der Waals surface area (Å²) >= 11 is 4.92. The fraction of sp³-hybridized carbons (Fsp3) is 0.500. The zero-order chi connectivity index (χ0) is 13.5. The normalized spacial score (nSPS) is 18.4. The fourth-order valence-electron chi connectivity index (χ4n) is 1.95. The second-order valence-corrected chi connectivity index (χ2v) is 4.89. The maximum atomic E-state index is 5.58. The Morgan fingerprint density at radius 2 is 2.32 bits per heavy atom. The first-order chi connectivity index (χ1) is 9.25. The van der Waals surface area contributed by atoms with Gasteiger partial charge in [0.2, 0.25) is 0 Å². The Bertz CT molecular complexity index is 419. The average molecular weight is 281 g/mol. The predicted octanol–water partition coefficient (Wildman–Crippen LogP) is 1.90. The molecule has 1 heterocycles. The van der Waals surface area contributed by atoms with Crippen LogP contribution in [0.15, 0.2) is 24.3 Å². The molecule has 0 bridgehead atoms. The third kappa shape index (κ3) is 4.78. The molecule has 1 unspecified atom stereocenters. The van der Waals surface area contributed by atoms with E-state index in [1.807, 2.05) is 24.3 Å². The quantitative estimate of drug-likeness (QED) is 0.611. The zero-order valence-corrected chi connectivity index (χ0v) is 11.7. The van der Waals surface area contributed by atoms with Gasteiger partial charge in [0.25, 0.3) is 0 Å². The van der Waals surface area contributed by atoms with Gasteiger partial charge >= 0.3 is 0 Å². The Hall–Kier alpha value is -1.17. The molecule has 5 heteroatoms. The van der Waals surface area contributed by atoms with E-state index in [1.165, 1.54) is 0 Å². The molecule has 1 aromatic rings. The second kappa shape index (κ2) is 7.43. The molecule has 1 aliphatic heterocycles. The molecule has 4 nitrogen and oxygen atoms in total. The number of rotatable bonds is 7. The molecule has 1 fully saturated rings. The molecular formula is C14H19NO3S. The molecule has 0 radical (unpaired) electrons. The van der Waals surface area contributed by atoms with Crippen LogP contribution in [0, 0.1) is 0 Å². The summed E-state index contributed by atoms with van der Waals surface area (Å²) in [5.74, 6) is 0.756. The summed E-state index contributed by atoms with van der Waals surface area (Å²) in [4.78, 5) is 0.375. The van der Waals surface area contributed by atoms with E-state index >= 15 is 0 Å². The Balaban J connectivity index is 1.64. The topological polar surface area (TPSA) is 53.7 Å². The van der Waals surface area contributed by atoms with E-state index in [0.29, 0.717) is 24.8 Å². The standard InChI is InChI=1S/C14H19NO3S/c15-14(19)11-3-1-4-12(9-11)18-8-7-16-10-13-5-2-6-17-13/h1,3-4,9,13H,2,5-8,10H2,(H2,15,19). The highest BCUT2D eigenvalue weighted by atomic mass is 32.1. The summed E-state index contributed by atoms with van der Waals surface area (Å²) < 4.78 is 16.6. The van der Waals surface area contributed by atoms with Crippen molar-refractivity contribution in [2.75, 3.05) is 26.4 Å². The first kappa shape index (κ1) is 14.2. The minimum Gasteiger partial charge on any atom is -0.491 e. The second-order valence-electron chi connectivity index (χ2n) is 4.45. The molecule has 0 spiro atoms. The van der Waals surface area contributed by atoms with E-state index in [1.54, 1.807) is 0 Å². The average Bonchev–Trinajstić information content (AvgIpc) is 2.92. The van der Waals surface area contributed by atoms with E-state index in [4.69, 9.17) is 32.2 Å². The molecule has 0 aromatic heterocycles. The summed E-state index contributed by atoms with van der Waals surface area (Å²) in [6.07, 6.45) is 2.49. The van der Waals surface area contributed by atoms with Crippen molar-refractivity contribution in [2.24, 2.45) is 5.73 Å². The van der Waals surface area contributed by atoms with Crippen molar-refractivity contribution in [1.82, 2.24) is 0 Å². The van der Waals surface area contributed by atoms with E-state index in [-0.39, 0.29) is 6.10 Å². The lowest BCUT2D eigenvalue weighted by Gasteiger charge is -2.11. The predicted molar refractivity (Wildman–Crippen MR) is 77.6 cm³/mol. The van der Waals surface area contributed by atoms with Crippen molar-refractivity contribution in [2.45, 2.75) is 18.9 Å². The Kier molecular flexibility index (Phi) is 5.57. The van der Waals surface area contributed by atoms with Gasteiger partial charge in [-0.1, -0.05) is 24.4 Å². The van der Waals surface area contributed by atoms with Gasteiger partial charge in [-0.15, -0.1) is 0 Å². The van der Waals surface area contributed by atoms with Crippen LogP contribution in [-0.2, 0) is 9.47 Å². The van der Waals surface area contributed by atoms with E-state index in [0.717, 1.165) is 30.8 Å². The summed E-state index contributed by atoms with van der Waals surface area (Å²) in [6.45, 7) is 2.57. The number of hydrogen-bond donors (Lipinski definition) is 1. The van der Waals surface area contributed by atoms with Gasteiger partial charge in [0, 0.05) is 12.2 Å². The number of ether oxygens (including phenoxy) is 3. The Labute approximate surface area is 118 Å². The van der Waals surface area contributed by atoms with Gasteiger partial charge < -0.3 is 19.9 Å². The lowest BCUT2D eigenvalue weighted by Crippen LogP contribution is -2.17. The summed E-state index contributed by atoms with van der Waals surface area (Å²) in [5, 5.41) is 0. The van der Waals surface area contributed by atoms with Crippen LogP contribution in [0.1, 0.15) is 18.4 Å². The van der Waals surface area contributed by atoms with E-state index in [2.05, 4.69) is 0 Å². The van der Waals surface area contributed by atoms with Crippen LogP contribution in [0.2, 0.25) is 0 Å². The highest BCUT2D eigenvalue weighted by Crippen LogP contribution is 2.14. The van der Waals surface area contributed by atoms with Gasteiger partial charge in [-0.25, -0.2) is 0 Å². The largest absolute Gasteiger partial charge is 0.491 e. The number of hydrogen-bond acceptors (Lipinski definition) is 4. The molecule has 2 rings (SSSR count). The summed E-state index contributed by atoms with van der Waals surface area (Å²) in [5.41, 5.74) is 6.38. The molecule has 104 valence electrons. The molecule has 2 N–H and O–H groups in total. The fourth-order valence-corrected chi connectivity index (χ4v) is 2.08. The third-order valence-corrected chi connectivity index (χ3v) is 3.18. The van der Waals surface area contributed by atoms with Gasteiger partial charge in [0.15, 0.2) is 0 Å². The minimum absolute atomic E-state index is 0.262. The smallest absolute Gasteiger partial charge is 0.120 e. The van der Waals surface area contributed by atoms with E-state index in [9.17, 15) is 0 Å². The van der Waals surface area contributed by atoms with Crippen LogP contribution in [0.4, 0.5) is 0 Å². The minimum atomic E-state index is 0.262. The van der Waals surface area contributed by atoms with Gasteiger partial charge in [-0.05, 0) is 25.0 Å². The van der Waals surface area contributed by atoms with Crippen LogP contribution >= 0.6 is 12.2 Å². The van der Waals surface area contributed by atoms with Crippen molar-refractivity contribution in [3.05, 3.63) is 29.8 Å². The molecule has 1 atom stereocenters. The van der Waals surface area contributed by atoms with Gasteiger partial charge in [-0.2, -0.15) is 0 Å². The summed E-state index contributed by atoms with van der Waals surface area (Å²) in [7, 11) is 0. The SMILES string of the molecule is NC(=S)c1cccc(OCCOCC2CCCO2)c1. The monoisotopic (exact) mass is 281 g/mol. The van der Waals surface area contributed by atoms with Gasteiger partial charge in [0.05, 0.1) is 19.3 Å². The molecule has 0 saturated carbocycles. The molecular weight excluding hydrogens is 262 g/mol. The van der Waals surface area contributed by atoms with Crippen molar-refractivity contribution >= 4 is 17.2 Å². The first-order valence-electron chi connectivity index (χ1n) is 6.48. The zero-order valence-electron chi connectivity index (χ0n) is 10.8.